The van der Waals surface area contributed by atoms with Crippen molar-refractivity contribution in [2.24, 2.45) is 0 Å². The van der Waals surface area contributed by atoms with E-state index in [1.54, 1.807) is 0 Å². The lowest BCUT2D eigenvalue weighted by atomic mass is 10.1. The molecule has 118 valence electrons. The number of carbonyl (C=O) groups is 2. The highest BCUT2D eigenvalue weighted by Gasteiger charge is 2.24. The van der Waals surface area contributed by atoms with Crippen LogP contribution in [0.4, 0.5) is 4.39 Å². The highest BCUT2D eigenvalue weighted by Crippen LogP contribution is 2.03. The Labute approximate surface area is 134 Å². The van der Waals surface area contributed by atoms with Crippen molar-refractivity contribution in [3.8, 4) is 0 Å². The summed E-state index contributed by atoms with van der Waals surface area (Å²) in [5.74, 6) is -0.790. The molecular weight excluding hydrogens is 322 g/mol. The van der Waals surface area contributed by atoms with Gasteiger partial charge in [0.2, 0.25) is 12.3 Å². The Morgan fingerprint density at radius 3 is 2.76 bits per heavy atom. The molecule has 0 radical (unpaired) electrons. The molecule has 0 saturated carbocycles. The third kappa shape index (κ3) is 5.45. The van der Waals surface area contributed by atoms with E-state index in [-0.39, 0.29) is 55.5 Å². The van der Waals surface area contributed by atoms with Crippen LogP contribution >= 0.6 is 24.8 Å². The average Bonchev–Trinajstić information content (AvgIpc) is 2.35. The molecule has 0 aromatic carbocycles. The topological polar surface area (TPSA) is 74.3 Å². The van der Waals surface area contributed by atoms with Crippen LogP contribution in [-0.4, -0.2) is 47.9 Å². The summed E-state index contributed by atoms with van der Waals surface area (Å²) in [5.41, 5.74) is 0.179. The van der Waals surface area contributed by atoms with Crippen LogP contribution in [0.2, 0.25) is 0 Å². The molecule has 2 rings (SSSR count). The minimum absolute atomic E-state index is 0. The minimum Gasteiger partial charge on any atom is -0.349 e. The number of nitrogens with one attached hydrogen (secondary N) is 2. The van der Waals surface area contributed by atoms with Crippen molar-refractivity contribution in [3.05, 3.63) is 29.8 Å². The highest BCUT2D eigenvalue weighted by atomic mass is 35.5. The van der Waals surface area contributed by atoms with Gasteiger partial charge in [0.05, 0.1) is 24.8 Å². The maximum absolute atomic E-state index is 13.3. The molecule has 0 atom stereocenters. The minimum atomic E-state index is -0.460. The number of rotatable bonds is 6. The Hall–Kier alpha value is -1.44. The van der Waals surface area contributed by atoms with Crippen LogP contribution < -0.4 is 10.6 Å². The van der Waals surface area contributed by atoms with Gasteiger partial charge in [-0.05, 0) is 12.1 Å². The molecule has 0 aliphatic carbocycles. The van der Waals surface area contributed by atoms with E-state index in [4.69, 9.17) is 0 Å². The summed E-state index contributed by atoms with van der Waals surface area (Å²) < 4.78 is 13.3. The number of nitrogens with zero attached hydrogens (tertiary/aromatic N) is 2. The molecular formula is C12H17Cl2FN4O2. The van der Waals surface area contributed by atoms with Gasteiger partial charge in [0.25, 0.3) is 0 Å². The van der Waals surface area contributed by atoms with Crippen LogP contribution in [0.1, 0.15) is 5.69 Å². The lowest BCUT2D eigenvalue weighted by Gasteiger charge is -2.35. The van der Waals surface area contributed by atoms with E-state index in [1.807, 2.05) is 0 Å². The van der Waals surface area contributed by atoms with Crippen LogP contribution in [-0.2, 0) is 16.1 Å². The van der Waals surface area contributed by atoms with Crippen molar-refractivity contribution >= 4 is 37.1 Å². The number of pyridine rings is 1. The summed E-state index contributed by atoms with van der Waals surface area (Å²) in [6.45, 7) is 1.38. The molecule has 1 saturated heterocycles. The fourth-order valence-electron chi connectivity index (χ4n) is 1.71. The monoisotopic (exact) mass is 338 g/mol. The predicted molar refractivity (Wildman–Crippen MR) is 80.0 cm³/mol. The second kappa shape index (κ2) is 9.49. The highest BCUT2D eigenvalue weighted by molar-refractivity contribution is 5.85. The maximum atomic E-state index is 13.3. The van der Waals surface area contributed by atoms with E-state index >= 15 is 0 Å². The van der Waals surface area contributed by atoms with E-state index in [0.29, 0.717) is 19.5 Å². The number of amides is 2. The third-order valence-electron chi connectivity index (χ3n) is 2.98. The molecule has 0 bridgehead atoms. The zero-order chi connectivity index (χ0) is 13.7. The molecule has 2 heterocycles. The third-order valence-corrected chi connectivity index (χ3v) is 2.98. The van der Waals surface area contributed by atoms with Crippen molar-refractivity contribution in [2.75, 3.05) is 19.6 Å². The molecule has 1 aliphatic rings. The maximum Gasteiger partial charge on any atom is 0.239 e. The van der Waals surface area contributed by atoms with Gasteiger partial charge >= 0.3 is 0 Å². The first-order valence-corrected chi connectivity index (χ1v) is 5.98. The van der Waals surface area contributed by atoms with Gasteiger partial charge in [-0.2, -0.15) is 0 Å². The summed E-state index contributed by atoms with van der Waals surface area (Å²) in [7, 11) is 0. The normalized spacial score (nSPS) is 13.2. The Kier molecular flexibility index (Phi) is 8.84. The molecule has 1 aliphatic heterocycles. The van der Waals surface area contributed by atoms with Gasteiger partial charge in [-0.3, -0.25) is 14.6 Å². The molecule has 1 aromatic heterocycles. The predicted octanol–water partition coefficient (Wildman–Crippen LogP) is 0.111. The number of halogens is 3. The Bertz CT molecular complexity index is 474. The smallest absolute Gasteiger partial charge is 0.239 e. The standard InChI is InChI=1S/C12H15FN4O2.2ClH/c13-10-2-1-3-15-11(10)6-16-12(19)7-17(8-18)9-4-14-5-9;;/h1-3,8-9,14H,4-7H2,(H,16,19);2*1H. The molecule has 0 spiro atoms. The molecule has 1 aromatic rings. The molecule has 1 fully saturated rings. The van der Waals surface area contributed by atoms with Gasteiger partial charge in [0.1, 0.15) is 5.82 Å². The summed E-state index contributed by atoms with van der Waals surface area (Å²) >= 11 is 0. The van der Waals surface area contributed by atoms with Crippen LogP contribution in [0.25, 0.3) is 0 Å². The quantitative estimate of drug-likeness (QED) is 0.722. The summed E-state index contributed by atoms with van der Waals surface area (Å²) in [6, 6.07) is 2.83. The molecule has 9 heteroatoms. The van der Waals surface area contributed by atoms with Gasteiger partial charge in [0, 0.05) is 19.3 Å². The van der Waals surface area contributed by atoms with E-state index in [0.717, 1.165) is 0 Å². The van der Waals surface area contributed by atoms with E-state index < -0.39 is 5.82 Å². The molecule has 0 unspecified atom stereocenters. The first kappa shape index (κ1) is 19.6. The van der Waals surface area contributed by atoms with Gasteiger partial charge in [-0.25, -0.2) is 4.39 Å². The van der Waals surface area contributed by atoms with Crippen molar-refractivity contribution in [1.82, 2.24) is 20.5 Å². The lowest BCUT2D eigenvalue weighted by Crippen LogP contribution is -2.58. The fraction of sp³-hybridized carbons (Fsp3) is 0.417. The zero-order valence-corrected chi connectivity index (χ0v) is 12.8. The van der Waals surface area contributed by atoms with E-state index in [2.05, 4.69) is 15.6 Å². The second-order valence-electron chi connectivity index (χ2n) is 4.30. The largest absolute Gasteiger partial charge is 0.349 e. The summed E-state index contributed by atoms with van der Waals surface area (Å²) in [4.78, 5) is 27.8. The van der Waals surface area contributed by atoms with Gasteiger partial charge in [-0.15, -0.1) is 24.8 Å². The lowest BCUT2D eigenvalue weighted by molar-refractivity contribution is -0.130. The number of hydrogen-bond acceptors (Lipinski definition) is 4. The zero-order valence-electron chi connectivity index (χ0n) is 11.1. The fourth-order valence-corrected chi connectivity index (χ4v) is 1.71. The molecule has 2 N–H and O–H groups in total. The molecule has 2 amide bonds. The molecule has 21 heavy (non-hydrogen) atoms. The van der Waals surface area contributed by atoms with Crippen molar-refractivity contribution in [1.29, 1.82) is 0 Å². The summed E-state index contributed by atoms with van der Waals surface area (Å²) in [6.07, 6.45) is 2.12. The first-order valence-electron chi connectivity index (χ1n) is 5.98. The number of aromatic nitrogens is 1. The Morgan fingerprint density at radius 1 is 1.52 bits per heavy atom. The average molecular weight is 339 g/mol. The number of hydrogen-bond donors (Lipinski definition) is 2. The van der Waals surface area contributed by atoms with E-state index in [9.17, 15) is 14.0 Å². The van der Waals surface area contributed by atoms with E-state index in [1.165, 1.54) is 23.2 Å². The van der Waals surface area contributed by atoms with Crippen molar-refractivity contribution in [2.45, 2.75) is 12.6 Å². The Morgan fingerprint density at radius 2 is 2.24 bits per heavy atom. The van der Waals surface area contributed by atoms with Crippen LogP contribution in [0.15, 0.2) is 18.3 Å². The van der Waals surface area contributed by atoms with Gasteiger partial charge in [0.15, 0.2) is 0 Å². The Balaban J connectivity index is 0.00000200. The molecule has 6 nitrogen and oxygen atoms in total. The van der Waals surface area contributed by atoms with Gasteiger partial charge in [-0.1, -0.05) is 0 Å². The van der Waals surface area contributed by atoms with Crippen LogP contribution in [0, 0.1) is 5.82 Å². The number of carbonyl (C=O) groups excluding carboxylic acids is 2. The first-order chi connectivity index (χ1) is 9.20. The van der Waals surface area contributed by atoms with Crippen LogP contribution in [0.3, 0.4) is 0 Å². The second-order valence-corrected chi connectivity index (χ2v) is 4.30. The van der Waals surface area contributed by atoms with Crippen molar-refractivity contribution < 1.29 is 14.0 Å². The van der Waals surface area contributed by atoms with Gasteiger partial charge < -0.3 is 15.5 Å². The van der Waals surface area contributed by atoms with Crippen LogP contribution in [0.5, 0.6) is 0 Å². The van der Waals surface area contributed by atoms with Crippen molar-refractivity contribution in [3.63, 3.8) is 0 Å². The summed E-state index contributed by atoms with van der Waals surface area (Å²) in [5, 5.41) is 5.57. The SMILES string of the molecule is Cl.Cl.O=CN(CC(=O)NCc1ncccc1F)C1CNC1.